The Morgan fingerprint density at radius 3 is 2.84 bits per heavy atom. The number of aromatic nitrogens is 1. The summed E-state index contributed by atoms with van der Waals surface area (Å²) in [5, 5.41) is 4.36. The minimum Gasteiger partial charge on any atom is -0.361 e. The predicted molar refractivity (Wildman–Crippen MR) is 113 cm³/mol. The fraction of sp³-hybridized carbons (Fsp3) is 0.526. The summed E-state index contributed by atoms with van der Waals surface area (Å²) in [5.74, 6) is 1.63. The fourth-order valence-electron chi connectivity index (χ4n) is 3.29. The molecule has 1 aliphatic rings. The zero-order valence-corrected chi connectivity index (χ0v) is 17.3. The van der Waals surface area contributed by atoms with Crippen LogP contribution in [-0.2, 0) is 6.42 Å². The Hall–Kier alpha value is -1.31. The monoisotopic (exact) mass is 458 g/mol. The topological polar surface area (TPSA) is 43.4 Å². The third-order valence-electron chi connectivity index (χ3n) is 4.79. The van der Waals surface area contributed by atoms with Gasteiger partial charge in [-0.2, -0.15) is 0 Å². The maximum atomic E-state index is 13.5. The van der Waals surface area contributed by atoms with Gasteiger partial charge in [-0.15, -0.1) is 24.0 Å². The highest BCUT2D eigenvalue weighted by Gasteiger charge is 2.18. The van der Waals surface area contributed by atoms with Gasteiger partial charge in [0, 0.05) is 43.3 Å². The van der Waals surface area contributed by atoms with Crippen molar-refractivity contribution >= 4 is 40.8 Å². The van der Waals surface area contributed by atoms with Crippen LogP contribution in [0.15, 0.2) is 29.4 Å². The smallest absolute Gasteiger partial charge is 0.193 e. The van der Waals surface area contributed by atoms with E-state index in [4.69, 9.17) is 4.99 Å². The molecule has 138 valence electrons. The lowest BCUT2D eigenvalue weighted by Gasteiger charge is -2.33. The third kappa shape index (κ3) is 5.09. The number of guanidine groups is 1. The summed E-state index contributed by atoms with van der Waals surface area (Å²) >= 11 is 0. The van der Waals surface area contributed by atoms with E-state index in [2.05, 4.69) is 29.0 Å². The van der Waals surface area contributed by atoms with Crippen LogP contribution >= 0.6 is 24.0 Å². The minimum absolute atomic E-state index is 0. The summed E-state index contributed by atoms with van der Waals surface area (Å²) in [7, 11) is 0. The summed E-state index contributed by atoms with van der Waals surface area (Å²) in [4.78, 5) is 10.4. The molecule has 0 unspecified atom stereocenters. The molecule has 2 heterocycles. The number of nitrogens with one attached hydrogen (secondary N) is 2. The first-order chi connectivity index (χ1) is 11.7. The van der Waals surface area contributed by atoms with Gasteiger partial charge in [0.2, 0.25) is 0 Å². The SMILES string of the molecule is CCNC(=NCCc1c[nH]c2ccc(F)cc12)N1CCC(C)CC1.I. The number of benzene rings is 1. The highest BCUT2D eigenvalue weighted by atomic mass is 127. The minimum atomic E-state index is -0.192. The normalized spacial score (nSPS) is 16.1. The maximum Gasteiger partial charge on any atom is 0.193 e. The molecule has 0 atom stereocenters. The zero-order chi connectivity index (χ0) is 16.9. The van der Waals surface area contributed by atoms with E-state index in [1.165, 1.54) is 18.9 Å². The number of fused-ring (bicyclic) bond motifs is 1. The summed E-state index contributed by atoms with van der Waals surface area (Å²) in [5.41, 5.74) is 2.10. The molecule has 2 N–H and O–H groups in total. The summed E-state index contributed by atoms with van der Waals surface area (Å²) in [6, 6.07) is 4.87. The van der Waals surface area contributed by atoms with E-state index in [-0.39, 0.29) is 29.8 Å². The van der Waals surface area contributed by atoms with E-state index in [0.717, 1.165) is 54.4 Å². The molecule has 1 saturated heterocycles. The average molecular weight is 458 g/mol. The first kappa shape index (κ1) is 20.0. The summed E-state index contributed by atoms with van der Waals surface area (Å²) in [6.45, 7) is 8.15. The quantitative estimate of drug-likeness (QED) is 0.411. The van der Waals surface area contributed by atoms with Crippen molar-refractivity contribution in [1.29, 1.82) is 0 Å². The van der Waals surface area contributed by atoms with Crippen LogP contribution < -0.4 is 5.32 Å². The summed E-state index contributed by atoms with van der Waals surface area (Å²) in [6.07, 6.45) is 5.23. The molecule has 0 saturated carbocycles. The van der Waals surface area contributed by atoms with Gasteiger partial charge in [0.25, 0.3) is 0 Å². The van der Waals surface area contributed by atoms with Crippen LogP contribution in [0.25, 0.3) is 10.9 Å². The molecule has 1 aliphatic heterocycles. The highest BCUT2D eigenvalue weighted by Crippen LogP contribution is 2.20. The number of hydrogen-bond acceptors (Lipinski definition) is 1. The number of aliphatic imine (C=N–C) groups is 1. The van der Waals surface area contributed by atoms with E-state index in [9.17, 15) is 4.39 Å². The molecule has 0 bridgehead atoms. The van der Waals surface area contributed by atoms with Gasteiger partial charge in [-0.1, -0.05) is 6.92 Å². The van der Waals surface area contributed by atoms with Crippen LogP contribution in [0.1, 0.15) is 32.3 Å². The molecule has 1 aromatic carbocycles. The molecule has 6 heteroatoms. The third-order valence-corrected chi connectivity index (χ3v) is 4.79. The van der Waals surface area contributed by atoms with Crippen LogP contribution in [0.5, 0.6) is 0 Å². The number of halogens is 2. The predicted octanol–water partition coefficient (Wildman–Crippen LogP) is 4.16. The second-order valence-electron chi connectivity index (χ2n) is 6.66. The van der Waals surface area contributed by atoms with Gasteiger partial charge in [-0.05, 0) is 55.9 Å². The molecule has 25 heavy (non-hydrogen) atoms. The van der Waals surface area contributed by atoms with Crippen molar-refractivity contribution in [3.05, 3.63) is 35.8 Å². The van der Waals surface area contributed by atoms with E-state index in [1.54, 1.807) is 12.1 Å². The molecule has 0 radical (unpaired) electrons. The molecule has 3 rings (SSSR count). The maximum absolute atomic E-state index is 13.5. The molecule has 0 amide bonds. The molecule has 1 fully saturated rings. The highest BCUT2D eigenvalue weighted by molar-refractivity contribution is 14.0. The first-order valence-corrected chi connectivity index (χ1v) is 8.96. The van der Waals surface area contributed by atoms with Crippen molar-refractivity contribution in [2.24, 2.45) is 10.9 Å². The van der Waals surface area contributed by atoms with Crippen molar-refractivity contribution in [1.82, 2.24) is 15.2 Å². The molecule has 2 aromatic rings. The van der Waals surface area contributed by atoms with Crippen molar-refractivity contribution in [2.45, 2.75) is 33.1 Å². The largest absolute Gasteiger partial charge is 0.361 e. The van der Waals surface area contributed by atoms with E-state index in [1.807, 2.05) is 6.20 Å². The molecular weight excluding hydrogens is 430 g/mol. The Morgan fingerprint density at radius 2 is 2.12 bits per heavy atom. The van der Waals surface area contributed by atoms with E-state index in [0.29, 0.717) is 6.54 Å². The van der Waals surface area contributed by atoms with Gasteiger partial charge in [-0.3, -0.25) is 4.99 Å². The van der Waals surface area contributed by atoms with Crippen molar-refractivity contribution in [2.75, 3.05) is 26.2 Å². The van der Waals surface area contributed by atoms with E-state index < -0.39 is 0 Å². The van der Waals surface area contributed by atoms with Crippen molar-refractivity contribution < 1.29 is 4.39 Å². The van der Waals surface area contributed by atoms with Crippen LogP contribution in [0, 0.1) is 11.7 Å². The lowest BCUT2D eigenvalue weighted by Crippen LogP contribution is -2.45. The number of piperidine rings is 1. The molecule has 0 aliphatic carbocycles. The molecular formula is C19H28FIN4. The number of rotatable bonds is 4. The second kappa shape index (κ2) is 9.40. The number of H-pyrrole nitrogens is 1. The van der Waals surface area contributed by atoms with Crippen LogP contribution in [-0.4, -0.2) is 42.0 Å². The van der Waals surface area contributed by atoms with Crippen LogP contribution in [0.2, 0.25) is 0 Å². The zero-order valence-electron chi connectivity index (χ0n) is 15.0. The lowest BCUT2D eigenvalue weighted by molar-refractivity contribution is 0.273. The number of nitrogens with zero attached hydrogens (tertiary/aromatic N) is 2. The molecule has 4 nitrogen and oxygen atoms in total. The van der Waals surface area contributed by atoms with Gasteiger partial charge in [-0.25, -0.2) is 4.39 Å². The van der Waals surface area contributed by atoms with Gasteiger partial charge in [0.05, 0.1) is 0 Å². The Balaban J connectivity index is 0.00000225. The second-order valence-corrected chi connectivity index (χ2v) is 6.66. The van der Waals surface area contributed by atoms with Gasteiger partial charge in [0.15, 0.2) is 5.96 Å². The van der Waals surface area contributed by atoms with Crippen molar-refractivity contribution in [3.63, 3.8) is 0 Å². The van der Waals surface area contributed by atoms with Gasteiger partial charge in [0.1, 0.15) is 5.82 Å². The van der Waals surface area contributed by atoms with Gasteiger partial charge < -0.3 is 15.2 Å². The Kier molecular flexibility index (Phi) is 7.53. The molecule has 1 aromatic heterocycles. The number of hydrogen-bond donors (Lipinski definition) is 2. The fourth-order valence-corrected chi connectivity index (χ4v) is 3.29. The average Bonchev–Trinajstić information content (AvgIpc) is 2.97. The number of likely N-dealkylation sites (tertiary alicyclic amines) is 1. The standard InChI is InChI=1S/C19H27FN4.HI/c1-3-21-19(24-10-7-14(2)8-11-24)22-9-6-15-13-23-18-5-4-16(20)12-17(15)18;/h4-5,12-14,23H,3,6-11H2,1-2H3,(H,21,22);1H. The van der Waals surface area contributed by atoms with Crippen molar-refractivity contribution in [3.8, 4) is 0 Å². The number of aromatic amines is 1. The Labute approximate surface area is 166 Å². The van der Waals surface area contributed by atoms with E-state index >= 15 is 0 Å². The van der Waals surface area contributed by atoms with Gasteiger partial charge >= 0.3 is 0 Å². The Morgan fingerprint density at radius 1 is 1.36 bits per heavy atom. The first-order valence-electron chi connectivity index (χ1n) is 8.96. The van der Waals surface area contributed by atoms with Crippen LogP contribution in [0.4, 0.5) is 4.39 Å². The van der Waals surface area contributed by atoms with Crippen LogP contribution in [0.3, 0.4) is 0 Å². The molecule has 0 spiro atoms. The Bertz CT molecular complexity index is 705. The summed E-state index contributed by atoms with van der Waals surface area (Å²) < 4.78 is 13.5. The lowest BCUT2D eigenvalue weighted by atomic mass is 10.00.